The lowest BCUT2D eigenvalue weighted by atomic mass is 9.77. The van der Waals surface area contributed by atoms with Crippen molar-refractivity contribution in [2.45, 2.75) is 55.4 Å². The van der Waals surface area contributed by atoms with Crippen molar-refractivity contribution in [3.63, 3.8) is 0 Å². The highest BCUT2D eigenvalue weighted by molar-refractivity contribution is 7.90. The van der Waals surface area contributed by atoms with Crippen molar-refractivity contribution in [2.24, 2.45) is 5.92 Å². The van der Waals surface area contributed by atoms with E-state index in [1.54, 1.807) is 0 Å². The second-order valence-electron chi connectivity index (χ2n) is 7.57. The van der Waals surface area contributed by atoms with Gasteiger partial charge in [-0.05, 0) is 44.4 Å². The van der Waals surface area contributed by atoms with E-state index >= 15 is 0 Å². The maximum Gasteiger partial charge on any atom is 0.214 e. The van der Waals surface area contributed by atoms with Gasteiger partial charge in [-0.1, -0.05) is 0 Å². The van der Waals surface area contributed by atoms with Gasteiger partial charge >= 0.3 is 0 Å². The molecule has 1 saturated carbocycles. The molecule has 7 heteroatoms. The lowest BCUT2D eigenvalue weighted by molar-refractivity contribution is -0.156. The summed E-state index contributed by atoms with van der Waals surface area (Å²) in [6.07, 6.45) is 5.86. The molecular formula is C16H28N2O4S. The van der Waals surface area contributed by atoms with Crippen molar-refractivity contribution in [1.82, 2.24) is 9.62 Å². The van der Waals surface area contributed by atoms with E-state index in [9.17, 15) is 8.42 Å². The van der Waals surface area contributed by atoms with Crippen LogP contribution in [0.4, 0.5) is 0 Å². The highest BCUT2D eigenvalue weighted by Crippen LogP contribution is 2.43. The first-order valence-electron chi connectivity index (χ1n) is 9.03. The van der Waals surface area contributed by atoms with Gasteiger partial charge in [0.15, 0.2) is 0 Å². The van der Waals surface area contributed by atoms with Crippen molar-refractivity contribution in [1.29, 1.82) is 0 Å². The van der Waals surface area contributed by atoms with Crippen LogP contribution in [0.3, 0.4) is 0 Å². The minimum atomic E-state index is -3.05. The van der Waals surface area contributed by atoms with Crippen LogP contribution in [0.1, 0.15) is 38.5 Å². The largest absolute Gasteiger partial charge is 0.381 e. The Morgan fingerprint density at radius 1 is 1.04 bits per heavy atom. The molecular weight excluding hydrogens is 316 g/mol. The molecule has 6 nitrogen and oxygen atoms in total. The van der Waals surface area contributed by atoms with E-state index < -0.39 is 10.0 Å². The molecule has 1 unspecified atom stereocenters. The quantitative estimate of drug-likeness (QED) is 0.769. The average molecular weight is 344 g/mol. The van der Waals surface area contributed by atoms with Gasteiger partial charge < -0.3 is 9.47 Å². The first-order valence-corrected chi connectivity index (χ1v) is 10.6. The standard InChI is InChI=1S/C16H28N2O4S/c19-23(20,15-1-2-15)17-7-3-13-4-10-22-16(13)11-18(12-16)14-5-8-21-9-6-14/h13-15,17H,1-12H2. The van der Waals surface area contributed by atoms with Gasteiger partial charge in [0.2, 0.25) is 10.0 Å². The molecule has 4 fully saturated rings. The van der Waals surface area contributed by atoms with E-state index in [-0.39, 0.29) is 10.9 Å². The Kier molecular flexibility index (Phi) is 4.43. The number of hydrogen-bond acceptors (Lipinski definition) is 5. The van der Waals surface area contributed by atoms with Crippen molar-refractivity contribution >= 4 is 10.0 Å². The minimum absolute atomic E-state index is 0.0106. The molecule has 0 radical (unpaired) electrons. The Morgan fingerprint density at radius 3 is 2.48 bits per heavy atom. The molecule has 3 aliphatic heterocycles. The van der Waals surface area contributed by atoms with E-state index in [4.69, 9.17) is 9.47 Å². The van der Waals surface area contributed by atoms with Crippen LogP contribution in [0.15, 0.2) is 0 Å². The Balaban J connectivity index is 1.26. The summed E-state index contributed by atoms with van der Waals surface area (Å²) in [6, 6.07) is 0.646. The van der Waals surface area contributed by atoms with E-state index in [0.717, 1.165) is 71.4 Å². The van der Waals surface area contributed by atoms with Gasteiger partial charge in [-0.3, -0.25) is 4.90 Å². The molecule has 4 aliphatic rings. The fourth-order valence-corrected chi connectivity index (χ4v) is 5.76. The summed E-state index contributed by atoms with van der Waals surface area (Å²) in [5.74, 6) is 0.487. The fourth-order valence-electron chi connectivity index (χ4n) is 4.36. The molecule has 0 aromatic rings. The van der Waals surface area contributed by atoms with Crippen molar-refractivity contribution < 1.29 is 17.9 Å². The molecule has 1 spiro atoms. The smallest absolute Gasteiger partial charge is 0.214 e. The summed E-state index contributed by atoms with van der Waals surface area (Å²) in [5, 5.41) is -0.121. The van der Waals surface area contributed by atoms with E-state index in [1.165, 1.54) is 0 Å². The summed E-state index contributed by atoms with van der Waals surface area (Å²) in [7, 11) is -3.05. The van der Waals surface area contributed by atoms with Gasteiger partial charge in [0, 0.05) is 45.5 Å². The van der Waals surface area contributed by atoms with Crippen LogP contribution in [0.25, 0.3) is 0 Å². The molecule has 132 valence electrons. The van der Waals surface area contributed by atoms with Crippen molar-refractivity contribution in [3.8, 4) is 0 Å². The van der Waals surface area contributed by atoms with Crippen LogP contribution in [0.2, 0.25) is 0 Å². The number of hydrogen-bond donors (Lipinski definition) is 1. The zero-order valence-corrected chi connectivity index (χ0v) is 14.5. The number of sulfonamides is 1. The van der Waals surface area contributed by atoms with E-state index in [1.807, 2.05) is 0 Å². The second kappa shape index (κ2) is 6.26. The third kappa shape index (κ3) is 3.31. The van der Waals surface area contributed by atoms with Gasteiger partial charge in [0.05, 0.1) is 10.9 Å². The number of nitrogens with zero attached hydrogens (tertiary/aromatic N) is 1. The molecule has 4 rings (SSSR count). The summed E-state index contributed by atoms with van der Waals surface area (Å²) in [6.45, 7) is 5.16. The van der Waals surface area contributed by atoms with Gasteiger partial charge in [-0.2, -0.15) is 0 Å². The molecule has 3 saturated heterocycles. The maximum absolute atomic E-state index is 11.9. The van der Waals surface area contributed by atoms with Gasteiger partial charge in [0.25, 0.3) is 0 Å². The van der Waals surface area contributed by atoms with Crippen LogP contribution in [0, 0.1) is 5.92 Å². The SMILES string of the molecule is O=S(=O)(NCCC1CCOC12CN(C1CCOCC1)C2)C1CC1. The molecule has 1 aliphatic carbocycles. The molecule has 1 atom stereocenters. The fraction of sp³-hybridized carbons (Fsp3) is 1.00. The highest BCUT2D eigenvalue weighted by Gasteiger charge is 2.54. The zero-order valence-electron chi connectivity index (χ0n) is 13.7. The number of nitrogens with one attached hydrogen (secondary N) is 1. The second-order valence-corrected chi connectivity index (χ2v) is 9.62. The normalized spacial score (nSPS) is 32.3. The molecule has 0 aromatic carbocycles. The molecule has 3 heterocycles. The van der Waals surface area contributed by atoms with Crippen LogP contribution >= 0.6 is 0 Å². The summed E-state index contributed by atoms with van der Waals surface area (Å²) >= 11 is 0. The van der Waals surface area contributed by atoms with Crippen molar-refractivity contribution in [2.75, 3.05) is 39.5 Å². The van der Waals surface area contributed by atoms with Crippen LogP contribution in [-0.2, 0) is 19.5 Å². The van der Waals surface area contributed by atoms with Crippen LogP contribution in [0.5, 0.6) is 0 Å². The number of rotatable bonds is 6. The van der Waals surface area contributed by atoms with E-state index in [2.05, 4.69) is 9.62 Å². The predicted octanol–water partition coefficient (Wildman–Crippen LogP) is 0.728. The Labute approximate surface area is 138 Å². The minimum Gasteiger partial charge on any atom is -0.381 e. The van der Waals surface area contributed by atoms with Crippen molar-refractivity contribution in [3.05, 3.63) is 0 Å². The summed E-state index contributed by atoms with van der Waals surface area (Å²) in [4.78, 5) is 2.54. The topological polar surface area (TPSA) is 67.9 Å². The molecule has 0 aromatic heterocycles. The summed E-state index contributed by atoms with van der Waals surface area (Å²) < 4.78 is 38.2. The Hall–Kier alpha value is -0.210. The average Bonchev–Trinajstić information content (AvgIpc) is 3.28. The molecule has 0 bridgehead atoms. The number of likely N-dealkylation sites (tertiary alicyclic amines) is 1. The third-order valence-electron chi connectivity index (χ3n) is 6.01. The maximum atomic E-state index is 11.9. The lowest BCUT2D eigenvalue weighted by Crippen LogP contribution is -2.67. The van der Waals surface area contributed by atoms with Gasteiger partial charge in [0.1, 0.15) is 0 Å². The Morgan fingerprint density at radius 2 is 1.78 bits per heavy atom. The van der Waals surface area contributed by atoms with Crippen LogP contribution in [-0.4, -0.2) is 69.7 Å². The predicted molar refractivity (Wildman–Crippen MR) is 86.8 cm³/mol. The highest BCUT2D eigenvalue weighted by atomic mass is 32.2. The third-order valence-corrected chi connectivity index (χ3v) is 7.96. The monoisotopic (exact) mass is 344 g/mol. The zero-order chi connectivity index (χ0) is 15.9. The molecule has 1 N–H and O–H groups in total. The van der Waals surface area contributed by atoms with E-state index in [0.29, 0.717) is 18.5 Å². The van der Waals surface area contributed by atoms with Gasteiger partial charge in [-0.15, -0.1) is 0 Å². The first kappa shape index (κ1) is 16.3. The molecule has 23 heavy (non-hydrogen) atoms. The first-order chi connectivity index (χ1) is 11.1. The lowest BCUT2D eigenvalue weighted by Gasteiger charge is -2.54. The number of ether oxygens (including phenoxy) is 2. The van der Waals surface area contributed by atoms with Gasteiger partial charge in [-0.25, -0.2) is 13.1 Å². The van der Waals surface area contributed by atoms with Crippen LogP contribution < -0.4 is 4.72 Å². The Bertz CT molecular complexity index is 522. The summed E-state index contributed by atoms with van der Waals surface area (Å²) in [5.41, 5.74) is -0.0106. The molecule has 0 amide bonds.